The van der Waals surface area contributed by atoms with Crippen molar-refractivity contribution in [2.45, 2.75) is 19.3 Å². The molecule has 0 atom stereocenters. The number of anilines is 1. The lowest BCUT2D eigenvalue weighted by Gasteiger charge is -2.25. The van der Waals surface area contributed by atoms with Crippen LogP contribution in [0.1, 0.15) is 24.1 Å². The van der Waals surface area contributed by atoms with E-state index in [1.807, 2.05) is 12.3 Å². The first-order chi connectivity index (χ1) is 6.40. The standard InChI is InChI=1S/C10H14N2S/c1-2-9-8-11-10(13-9)12-6-4-3-5-7-12/h2,8H,1,3-7H2. The molecule has 3 heteroatoms. The predicted octanol–water partition coefficient (Wildman–Crippen LogP) is 2.78. The highest BCUT2D eigenvalue weighted by molar-refractivity contribution is 7.16. The molecule has 0 amide bonds. The van der Waals surface area contributed by atoms with Gasteiger partial charge in [0.25, 0.3) is 0 Å². The summed E-state index contributed by atoms with van der Waals surface area (Å²) in [6.07, 6.45) is 7.76. The Morgan fingerprint density at radius 3 is 2.77 bits per heavy atom. The zero-order valence-corrected chi connectivity index (χ0v) is 8.52. The van der Waals surface area contributed by atoms with Crippen molar-refractivity contribution < 1.29 is 0 Å². The Bertz CT molecular complexity index is 287. The molecule has 1 aliphatic heterocycles. The van der Waals surface area contributed by atoms with Crippen molar-refractivity contribution in [3.63, 3.8) is 0 Å². The number of nitrogens with zero attached hydrogens (tertiary/aromatic N) is 2. The number of piperidine rings is 1. The fourth-order valence-corrected chi connectivity index (χ4v) is 2.42. The second-order valence-electron chi connectivity index (χ2n) is 3.30. The van der Waals surface area contributed by atoms with Crippen LogP contribution in [-0.4, -0.2) is 18.1 Å². The Balaban J connectivity index is 2.09. The van der Waals surface area contributed by atoms with Gasteiger partial charge in [-0.05, 0) is 19.3 Å². The summed E-state index contributed by atoms with van der Waals surface area (Å²) in [7, 11) is 0. The summed E-state index contributed by atoms with van der Waals surface area (Å²) in [6, 6.07) is 0. The molecule has 0 N–H and O–H groups in total. The number of hydrogen-bond acceptors (Lipinski definition) is 3. The summed E-state index contributed by atoms with van der Waals surface area (Å²) < 4.78 is 0. The molecule has 0 aliphatic carbocycles. The third-order valence-corrected chi connectivity index (χ3v) is 3.39. The van der Waals surface area contributed by atoms with Crippen LogP contribution in [-0.2, 0) is 0 Å². The summed E-state index contributed by atoms with van der Waals surface area (Å²) in [6.45, 7) is 6.08. The van der Waals surface area contributed by atoms with Crippen molar-refractivity contribution in [2.24, 2.45) is 0 Å². The average Bonchev–Trinajstić information content (AvgIpc) is 2.67. The van der Waals surface area contributed by atoms with E-state index in [0.717, 1.165) is 5.13 Å². The van der Waals surface area contributed by atoms with Crippen LogP contribution in [0.4, 0.5) is 5.13 Å². The van der Waals surface area contributed by atoms with Crippen molar-refractivity contribution in [2.75, 3.05) is 18.0 Å². The summed E-state index contributed by atoms with van der Waals surface area (Å²) >= 11 is 1.74. The van der Waals surface area contributed by atoms with Gasteiger partial charge in [-0.25, -0.2) is 4.98 Å². The lowest BCUT2D eigenvalue weighted by Crippen LogP contribution is -2.29. The molecule has 1 fully saturated rings. The van der Waals surface area contributed by atoms with Crippen molar-refractivity contribution in [1.82, 2.24) is 4.98 Å². The fraction of sp³-hybridized carbons (Fsp3) is 0.500. The van der Waals surface area contributed by atoms with E-state index in [4.69, 9.17) is 0 Å². The van der Waals surface area contributed by atoms with Crippen LogP contribution < -0.4 is 4.90 Å². The van der Waals surface area contributed by atoms with E-state index >= 15 is 0 Å². The molecule has 2 heterocycles. The molecule has 2 nitrogen and oxygen atoms in total. The Morgan fingerprint density at radius 1 is 1.38 bits per heavy atom. The highest BCUT2D eigenvalue weighted by Gasteiger charge is 2.13. The largest absolute Gasteiger partial charge is 0.348 e. The molecular weight excluding hydrogens is 180 g/mol. The highest BCUT2D eigenvalue weighted by Crippen LogP contribution is 2.25. The van der Waals surface area contributed by atoms with Crippen LogP contribution in [0.5, 0.6) is 0 Å². The van der Waals surface area contributed by atoms with Crippen molar-refractivity contribution in [3.8, 4) is 0 Å². The zero-order chi connectivity index (χ0) is 9.10. The Labute approximate surface area is 82.9 Å². The Hall–Kier alpha value is -0.830. The molecule has 0 unspecified atom stereocenters. The lowest BCUT2D eigenvalue weighted by atomic mass is 10.1. The Kier molecular flexibility index (Phi) is 2.64. The first kappa shape index (κ1) is 8.75. The molecule has 70 valence electrons. The van der Waals surface area contributed by atoms with Crippen LogP contribution in [0, 0.1) is 0 Å². The molecule has 1 aromatic rings. The second-order valence-corrected chi connectivity index (χ2v) is 4.34. The summed E-state index contributed by atoms with van der Waals surface area (Å²) in [5, 5.41) is 1.16. The molecular formula is C10H14N2S. The van der Waals surface area contributed by atoms with Gasteiger partial charge in [0.05, 0.1) is 0 Å². The summed E-state index contributed by atoms with van der Waals surface area (Å²) in [5.41, 5.74) is 0. The minimum absolute atomic E-state index is 1.16. The summed E-state index contributed by atoms with van der Waals surface area (Å²) in [4.78, 5) is 7.93. The maximum absolute atomic E-state index is 4.38. The Morgan fingerprint density at radius 2 is 2.15 bits per heavy atom. The fourth-order valence-electron chi connectivity index (χ4n) is 1.60. The third kappa shape index (κ3) is 1.91. The minimum atomic E-state index is 1.16. The highest BCUT2D eigenvalue weighted by atomic mass is 32.1. The van der Waals surface area contributed by atoms with Crippen LogP contribution in [0.3, 0.4) is 0 Å². The molecule has 0 aromatic carbocycles. The van der Waals surface area contributed by atoms with E-state index in [9.17, 15) is 0 Å². The topological polar surface area (TPSA) is 16.1 Å². The molecule has 1 aliphatic rings. The van der Waals surface area contributed by atoms with Gasteiger partial charge in [-0.2, -0.15) is 0 Å². The number of rotatable bonds is 2. The predicted molar refractivity (Wildman–Crippen MR) is 58.3 cm³/mol. The van der Waals surface area contributed by atoms with E-state index in [-0.39, 0.29) is 0 Å². The van der Waals surface area contributed by atoms with Gasteiger partial charge < -0.3 is 4.90 Å². The van der Waals surface area contributed by atoms with E-state index in [1.54, 1.807) is 11.3 Å². The maximum atomic E-state index is 4.38. The van der Waals surface area contributed by atoms with Gasteiger partial charge in [-0.3, -0.25) is 0 Å². The maximum Gasteiger partial charge on any atom is 0.185 e. The van der Waals surface area contributed by atoms with Gasteiger partial charge in [-0.1, -0.05) is 24.0 Å². The molecule has 2 rings (SSSR count). The van der Waals surface area contributed by atoms with Gasteiger partial charge in [0.2, 0.25) is 0 Å². The quantitative estimate of drug-likeness (QED) is 0.719. The van der Waals surface area contributed by atoms with Crippen LogP contribution in [0.15, 0.2) is 12.8 Å². The molecule has 0 spiro atoms. The summed E-state index contributed by atoms with van der Waals surface area (Å²) in [5.74, 6) is 0. The number of aromatic nitrogens is 1. The molecule has 1 aromatic heterocycles. The van der Waals surface area contributed by atoms with Gasteiger partial charge in [0.15, 0.2) is 5.13 Å². The first-order valence-corrected chi connectivity index (χ1v) is 5.55. The average molecular weight is 194 g/mol. The van der Waals surface area contributed by atoms with Crippen LogP contribution >= 0.6 is 11.3 Å². The number of hydrogen-bond donors (Lipinski definition) is 0. The van der Waals surface area contributed by atoms with Crippen molar-refractivity contribution in [1.29, 1.82) is 0 Å². The van der Waals surface area contributed by atoms with E-state index in [0.29, 0.717) is 0 Å². The third-order valence-electron chi connectivity index (χ3n) is 2.34. The normalized spacial score (nSPS) is 17.4. The lowest BCUT2D eigenvalue weighted by molar-refractivity contribution is 0.577. The van der Waals surface area contributed by atoms with Crippen molar-refractivity contribution >= 4 is 22.5 Å². The van der Waals surface area contributed by atoms with Crippen molar-refractivity contribution in [3.05, 3.63) is 17.7 Å². The number of thiazole rings is 1. The molecule has 0 bridgehead atoms. The van der Waals surface area contributed by atoms with Gasteiger partial charge in [0, 0.05) is 24.2 Å². The SMILES string of the molecule is C=Cc1cnc(N2CCCCC2)s1. The van der Waals surface area contributed by atoms with E-state index in [2.05, 4.69) is 16.5 Å². The molecule has 13 heavy (non-hydrogen) atoms. The van der Waals surface area contributed by atoms with Gasteiger partial charge >= 0.3 is 0 Å². The van der Waals surface area contributed by atoms with Gasteiger partial charge in [-0.15, -0.1) is 0 Å². The smallest absolute Gasteiger partial charge is 0.185 e. The zero-order valence-electron chi connectivity index (χ0n) is 7.70. The van der Waals surface area contributed by atoms with Crippen LogP contribution in [0.25, 0.3) is 6.08 Å². The monoisotopic (exact) mass is 194 g/mol. The van der Waals surface area contributed by atoms with E-state index in [1.165, 1.54) is 37.2 Å². The first-order valence-electron chi connectivity index (χ1n) is 4.73. The van der Waals surface area contributed by atoms with Crippen LogP contribution in [0.2, 0.25) is 0 Å². The van der Waals surface area contributed by atoms with Gasteiger partial charge in [0.1, 0.15) is 0 Å². The van der Waals surface area contributed by atoms with E-state index < -0.39 is 0 Å². The second kappa shape index (κ2) is 3.92. The molecule has 0 saturated carbocycles. The molecule has 1 saturated heterocycles. The minimum Gasteiger partial charge on any atom is -0.348 e. The molecule has 0 radical (unpaired) electrons.